The van der Waals surface area contributed by atoms with E-state index in [0.29, 0.717) is 29.5 Å². The lowest BCUT2D eigenvalue weighted by atomic mass is 10.2. The summed E-state index contributed by atoms with van der Waals surface area (Å²) >= 11 is 0. The Balaban J connectivity index is 1.73. The topological polar surface area (TPSA) is 77.8 Å². The number of hydrogen-bond donors (Lipinski definition) is 1. The zero-order valence-corrected chi connectivity index (χ0v) is 13.5. The molecule has 7 nitrogen and oxygen atoms in total. The molecule has 0 radical (unpaired) electrons. The molecule has 1 aromatic carbocycles. The van der Waals surface area contributed by atoms with Crippen molar-refractivity contribution < 1.29 is 14.3 Å². The van der Waals surface area contributed by atoms with Gasteiger partial charge in [-0.05, 0) is 37.3 Å². The average Bonchev–Trinajstić information content (AvgIpc) is 3.03. The molecule has 3 aromatic rings. The number of rotatable bonds is 6. The summed E-state index contributed by atoms with van der Waals surface area (Å²) in [4.78, 5) is 12.3. The summed E-state index contributed by atoms with van der Waals surface area (Å²) in [5.41, 5.74) is 1.23. The molecular formula is C17H18N4O3. The normalized spacial score (nSPS) is 10.6. The monoisotopic (exact) mass is 326 g/mol. The molecule has 124 valence electrons. The first-order valence-corrected chi connectivity index (χ1v) is 7.60. The van der Waals surface area contributed by atoms with Crippen LogP contribution in [0.1, 0.15) is 23.1 Å². The van der Waals surface area contributed by atoms with Gasteiger partial charge in [-0.2, -0.15) is 0 Å². The van der Waals surface area contributed by atoms with E-state index in [1.54, 1.807) is 25.3 Å². The van der Waals surface area contributed by atoms with Gasteiger partial charge in [-0.15, -0.1) is 10.2 Å². The minimum Gasteiger partial charge on any atom is -0.493 e. The first-order chi connectivity index (χ1) is 11.7. The lowest BCUT2D eigenvalue weighted by Gasteiger charge is -2.11. The standard InChI is InChI=1S/C17H18N4O3/c1-3-24-13-8-7-12(10-14(13)23-2)17(22)18-11-16-20-19-15-6-4-5-9-21(15)16/h4-10H,3,11H2,1-2H3,(H,18,22). The number of carbonyl (C=O) groups is 1. The van der Waals surface area contributed by atoms with Crippen molar-refractivity contribution in [3.8, 4) is 11.5 Å². The highest BCUT2D eigenvalue weighted by atomic mass is 16.5. The number of amides is 1. The van der Waals surface area contributed by atoms with E-state index in [0.717, 1.165) is 5.65 Å². The molecule has 24 heavy (non-hydrogen) atoms. The van der Waals surface area contributed by atoms with Crippen LogP contribution in [0.4, 0.5) is 0 Å². The van der Waals surface area contributed by atoms with Crippen molar-refractivity contribution in [2.45, 2.75) is 13.5 Å². The number of pyridine rings is 1. The summed E-state index contributed by atoms with van der Waals surface area (Å²) in [6.45, 7) is 2.70. The van der Waals surface area contributed by atoms with Crippen LogP contribution in [0, 0.1) is 0 Å². The molecule has 0 aliphatic heterocycles. The van der Waals surface area contributed by atoms with Crippen molar-refractivity contribution in [2.75, 3.05) is 13.7 Å². The summed E-state index contributed by atoms with van der Waals surface area (Å²) in [7, 11) is 1.54. The van der Waals surface area contributed by atoms with Crippen LogP contribution < -0.4 is 14.8 Å². The predicted molar refractivity (Wildman–Crippen MR) is 88.3 cm³/mol. The first kappa shape index (κ1) is 15.8. The quantitative estimate of drug-likeness (QED) is 0.750. The van der Waals surface area contributed by atoms with Crippen molar-refractivity contribution >= 4 is 11.6 Å². The largest absolute Gasteiger partial charge is 0.493 e. The maximum Gasteiger partial charge on any atom is 0.251 e. The summed E-state index contributed by atoms with van der Waals surface area (Å²) in [6.07, 6.45) is 1.86. The third kappa shape index (κ3) is 3.15. The second kappa shape index (κ2) is 6.99. The van der Waals surface area contributed by atoms with Crippen molar-refractivity contribution in [1.29, 1.82) is 0 Å². The van der Waals surface area contributed by atoms with E-state index in [1.165, 1.54) is 0 Å². The van der Waals surface area contributed by atoms with Crippen molar-refractivity contribution in [1.82, 2.24) is 19.9 Å². The van der Waals surface area contributed by atoms with E-state index < -0.39 is 0 Å². The van der Waals surface area contributed by atoms with Crippen molar-refractivity contribution in [3.63, 3.8) is 0 Å². The van der Waals surface area contributed by atoms with Gasteiger partial charge in [0.25, 0.3) is 5.91 Å². The molecule has 3 rings (SSSR count). The number of aromatic nitrogens is 3. The van der Waals surface area contributed by atoms with Gasteiger partial charge < -0.3 is 14.8 Å². The van der Waals surface area contributed by atoms with Crippen LogP contribution in [-0.2, 0) is 6.54 Å². The average molecular weight is 326 g/mol. The zero-order valence-electron chi connectivity index (χ0n) is 13.5. The highest BCUT2D eigenvalue weighted by molar-refractivity contribution is 5.94. The smallest absolute Gasteiger partial charge is 0.251 e. The Hall–Kier alpha value is -3.09. The number of benzene rings is 1. The van der Waals surface area contributed by atoms with Crippen LogP contribution in [0.3, 0.4) is 0 Å². The van der Waals surface area contributed by atoms with Crippen molar-refractivity contribution in [3.05, 3.63) is 54.0 Å². The molecule has 0 aliphatic carbocycles. The molecule has 2 heterocycles. The lowest BCUT2D eigenvalue weighted by Crippen LogP contribution is -2.24. The Labute approximate surface area is 139 Å². The van der Waals surface area contributed by atoms with Crippen LogP contribution in [-0.4, -0.2) is 34.2 Å². The van der Waals surface area contributed by atoms with Gasteiger partial charge in [0.2, 0.25) is 0 Å². The Bertz CT molecular complexity index is 860. The number of nitrogens with one attached hydrogen (secondary N) is 1. The van der Waals surface area contributed by atoms with Gasteiger partial charge in [0.05, 0.1) is 20.3 Å². The maximum atomic E-state index is 12.3. The van der Waals surface area contributed by atoms with E-state index in [9.17, 15) is 4.79 Å². The molecule has 0 bridgehead atoms. The van der Waals surface area contributed by atoms with Gasteiger partial charge in [0, 0.05) is 11.8 Å². The van der Waals surface area contributed by atoms with Crippen molar-refractivity contribution in [2.24, 2.45) is 0 Å². The van der Waals surface area contributed by atoms with Crippen LogP contribution in [0.5, 0.6) is 11.5 Å². The van der Waals surface area contributed by atoms with Gasteiger partial charge in [-0.25, -0.2) is 0 Å². The van der Waals surface area contributed by atoms with Crippen LogP contribution >= 0.6 is 0 Å². The number of carbonyl (C=O) groups excluding carboxylic acids is 1. The minimum atomic E-state index is -0.218. The Morgan fingerprint density at radius 2 is 2.08 bits per heavy atom. The number of ether oxygens (including phenoxy) is 2. The van der Waals surface area contributed by atoms with Crippen LogP contribution in [0.2, 0.25) is 0 Å². The van der Waals surface area contributed by atoms with E-state index in [2.05, 4.69) is 15.5 Å². The summed E-state index contributed by atoms with van der Waals surface area (Å²) < 4.78 is 12.5. The molecule has 7 heteroatoms. The Kier molecular flexibility index (Phi) is 4.60. The zero-order chi connectivity index (χ0) is 16.9. The summed E-state index contributed by atoms with van der Waals surface area (Å²) in [5, 5.41) is 11.0. The van der Waals surface area contributed by atoms with Gasteiger partial charge in [-0.1, -0.05) is 6.07 Å². The highest BCUT2D eigenvalue weighted by Gasteiger charge is 2.12. The number of hydrogen-bond acceptors (Lipinski definition) is 5. The lowest BCUT2D eigenvalue weighted by molar-refractivity contribution is 0.0949. The van der Waals surface area contributed by atoms with Crippen LogP contribution in [0.15, 0.2) is 42.6 Å². The van der Waals surface area contributed by atoms with E-state index in [1.807, 2.05) is 35.7 Å². The summed E-state index contributed by atoms with van der Waals surface area (Å²) in [5.74, 6) is 1.58. The Morgan fingerprint density at radius 1 is 1.21 bits per heavy atom. The van der Waals surface area contributed by atoms with E-state index in [-0.39, 0.29) is 12.5 Å². The molecule has 0 fully saturated rings. The van der Waals surface area contributed by atoms with E-state index in [4.69, 9.17) is 9.47 Å². The first-order valence-electron chi connectivity index (χ1n) is 7.60. The second-order valence-corrected chi connectivity index (χ2v) is 5.03. The predicted octanol–water partition coefficient (Wildman–Crippen LogP) is 2.07. The molecule has 0 aliphatic rings. The Morgan fingerprint density at radius 3 is 2.88 bits per heavy atom. The number of nitrogens with zero attached hydrogens (tertiary/aromatic N) is 3. The molecule has 1 amide bonds. The second-order valence-electron chi connectivity index (χ2n) is 5.03. The van der Waals surface area contributed by atoms with Crippen LogP contribution in [0.25, 0.3) is 5.65 Å². The molecule has 2 aromatic heterocycles. The fourth-order valence-electron chi connectivity index (χ4n) is 2.36. The molecule has 0 unspecified atom stereocenters. The van der Waals surface area contributed by atoms with Gasteiger partial charge >= 0.3 is 0 Å². The molecular weight excluding hydrogens is 308 g/mol. The molecule has 0 saturated carbocycles. The fraction of sp³-hybridized carbons (Fsp3) is 0.235. The fourth-order valence-corrected chi connectivity index (χ4v) is 2.36. The number of fused-ring (bicyclic) bond motifs is 1. The molecule has 0 saturated heterocycles. The third-order valence-corrected chi connectivity index (χ3v) is 3.52. The number of methoxy groups -OCH3 is 1. The molecule has 1 N–H and O–H groups in total. The van der Waals surface area contributed by atoms with Gasteiger partial charge in [0.1, 0.15) is 0 Å². The SMILES string of the molecule is CCOc1ccc(C(=O)NCc2nnc3ccccn23)cc1OC. The third-order valence-electron chi connectivity index (χ3n) is 3.52. The summed E-state index contributed by atoms with van der Waals surface area (Å²) in [6, 6.07) is 10.7. The minimum absolute atomic E-state index is 0.218. The molecule has 0 atom stereocenters. The highest BCUT2D eigenvalue weighted by Crippen LogP contribution is 2.28. The van der Waals surface area contributed by atoms with Gasteiger partial charge in [-0.3, -0.25) is 9.20 Å². The van der Waals surface area contributed by atoms with Gasteiger partial charge in [0.15, 0.2) is 23.0 Å². The van der Waals surface area contributed by atoms with E-state index >= 15 is 0 Å². The maximum absolute atomic E-state index is 12.3. The molecule has 0 spiro atoms.